The first-order valence-corrected chi connectivity index (χ1v) is 10.8. The van der Waals surface area contributed by atoms with Crippen LogP contribution in [0.15, 0.2) is 66.7 Å². The van der Waals surface area contributed by atoms with Crippen LogP contribution in [0.1, 0.15) is 31.9 Å². The molecule has 0 fully saturated rings. The third-order valence-corrected chi connectivity index (χ3v) is 5.18. The van der Waals surface area contributed by atoms with Gasteiger partial charge in [0.05, 0.1) is 13.5 Å². The van der Waals surface area contributed by atoms with Gasteiger partial charge >= 0.3 is 0 Å². The maximum absolute atomic E-state index is 12.7. The lowest BCUT2D eigenvalue weighted by Gasteiger charge is -2.20. The van der Waals surface area contributed by atoms with E-state index in [1.54, 1.807) is 13.2 Å². The van der Waals surface area contributed by atoms with E-state index < -0.39 is 0 Å². The molecule has 168 valence electrons. The van der Waals surface area contributed by atoms with Crippen molar-refractivity contribution in [2.24, 2.45) is 5.73 Å². The number of amides is 1. The van der Waals surface area contributed by atoms with Crippen molar-refractivity contribution >= 4 is 11.6 Å². The third kappa shape index (κ3) is 6.11. The van der Waals surface area contributed by atoms with Crippen molar-refractivity contribution in [3.63, 3.8) is 0 Å². The molecule has 0 heterocycles. The molecule has 3 N–H and O–H groups in total. The Morgan fingerprint density at radius 1 is 0.938 bits per heavy atom. The molecule has 0 radical (unpaired) electrons. The van der Waals surface area contributed by atoms with E-state index in [4.69, 9.17) is 15.2 Å². The minimum atomic E-state index is -0.0942. The second-order valence-corrected chi connectivity index (χ2v) is 8.76. The number of ether oxygens (including phenoxy) is 2. The highest BCUT2D eigenvalue weighted by molar-refractivity contribution is 5.93. The zero-order valence-electron chi connectivity index (χ0n) is 19.3. The first-order chi connectivity index (χ1) is 15.3. The third-order valence-electron chi connectivity index (χ3n) is 5.18. The number of benzene rings is 3. The highest BCUT2D eigenvalue weighted by Gasteiger charge is 2.14. The van der Waals surface area contributed by atoms with Crippen LogP contribution in [0.2, 0.25) is 0 Å². The van der Waals surface area contributed by atoms with Gasteiger partial charge in [0.15, 0.2) is 11.5 Å². The molecule has 32 heavy (non-hydrogen) atoms. The van der Waals surface area contributed by atoms with Crippen molar-refractivity contribution in [2.75, 3.05) is 25.6 Å². The number of methoxy groups -OCH3 is 1. The van der Waals surface area contributed by atoms with Gasteiger partial charge in [-0.2, -0.15) is 0 Å². The van der Waals surface area contributed by atoms with Gasteiger partial charge in [0.2, 0.25) is 5.91 Å². The first kappa shape index (κ1) is 23.4. The van der Waals surface area contributed by atoms with E-state index in [9.17, 15) is 4.79 Å². The molecule has 0 aliphatic rings. The van der Waals surface area contributed by atoms with Crippen LogP contribution in [0.3, 0.4) is 0 Å². The van der Waals surface area contributed by atoms with E-state index in [0.717, 1.165) is 22.4 Å². The van der Waals surface area contributed by atoms with Gasteiger partial charge in [0, 0.05) is 12.2 Å². The van der Waals surface area contributed by atoms with E-state index in [1.165, 1.54) is 5.56 Å². The second-order valence-electron chi connectivity index (χ2n) is 8.76. The van der Waals surface area contributed by atoms with Crippen LogP contribution in [-0.4, -0.2) is 26.2 Å². The molecule has 1 amide bonds. The van der Waals surface area contributed by atoms with E-state index in [1.807, 2.05) is 30.3 Å². The van der Waals surface area contributed by atoms with E-state index in [0.29, 0.717) is 24.7 Å². The standard InChI is InChI=1S/C27H32N2O3/c1-27(2,3)22-9-5-7-20(17-22)21-8-6-10-23(18-21)29-26(30)16-19-11-12-24(32-14-13-28)25(15-19)31-4/h5-12,15,17-18H,13-14,16,28H2,1-4H3,(H,29,30). The number of rotatable bonds is 8. The Labute approximate surface area is 190 Å². The first-order valence-electron chi connectivity index (χ1n) is 10.8. The van der Waals surface area contributed by atoms with E-state index in [2.05, 4.69) is 56.4 Å². The summed E-state index contributed by atoms with van der Waals surface area (Å²) in [7, 11) is 1.58. The van der Waals surface area contributed by atoms with Crippen LogP contribution < -0.4 is 20.5 Å². The minimum absolute atomic E-state index is 0.0772. The zero-order chi connectivity index (χ0) is 23.1. The normalized spacial score (nSPS) is 11.2. The second kappa shape index (κ2) is 10.3. The molecule has 3 aromatic rings. The van der Waals surface area contributed by atoms with Crippen LogP contribution in [0.5, 0.6) is 11.5 Å². The maximum atomic E-state index is 12.7. The average Bonchev–Trinajstić information content (AvgIpc) is 2.77. The summed E-state index contributed by atoms with van der Waals surface area (Å²) in [4.78, 5) is 12.7. The van der Waals surface area contributed by atoms with Crippen molar-refractivity contribution in [1.82, 2.24) is 0 Å². The molecule has 0 unspecified atom stereocenters. The van der Waals surface area contributed by atoms with Gasteiger partial charge < -0.3 is 20.5 Å². The van der Waals surface area contributed by atoms with Crippen LogP contribution in [0.25, 0.3) is 11.1 Å². The van der Waals surface area contributed by atoms with Crippen LogP contribution in [-0.2, 0) is 16.6 Å². The van der Waals surface area contributed by atoms with Gasteiger partial charge in [-0.25, -0.2) is 0 Å². The lowest BCUT2D eigenvalue weighted by atomic mass is 9.85. The molecule has 0 saturated heterocycles. The Morgan fingerprint density at radius 3 is 2.34 bits per heavy atom. The molecule has 3 rings (SSSR count). The van der Waals surface area contributed by atoms with E-state index >= 15 is 0 Å². The van der Waals surface area contributed by atoms with E-state index in [-0.39, 0.29) is 17.7 Å². The number of hydrogen-bond donors (Lipinski definition) is 2. The summed E-state index contributed by atoms with van der Waals surface area (Å²) < 4.78 is 11.0. The van der Waals surface area contributed by atoms with Crippen LogP contribution in [0.4, 0.5) is 5.69 Å². The molecular formula is C27H32N2O3. The quantitative estimate of drug-likeness (QED) is 0.514. The largest absolute Gasteiger partial charge is 0.493 e. The summed E-state index contributed by atoms with van der Waals surface area (Å²) in [6.45, 7) is 7.44. The number of nitrogens with two attached hydrogens (primary N) is 1. The molecule has 0 aliphatic heterocycles. The molecule has 0 atom stereocenters. The summed E-state index contributed by atoms with van der Waals surface area (Å²) >= 11 is 0. The predicted molar refractivity (Wildman–Crippen MR) is 130 cm³/mol. The summed E-state index contributed by atoms with van der Waals surface area (Å²) in [6.07, 6.45) is 0.233. The lowest BCUT2D eigenvalue weighted by Crippen LogP contribution is -2.15. The topological polar surface area (TPSA) is 73.6 Å². The van der Waals surface area contributed by atoms with Crippen LogP contribution >= 0.6 is 0 Å². The summed E-state index contributed by atoms with van der Waals surface area (Å²) in [6, 6.07) is 21.9. The molecule has 5 nitrogen and oxygen atoms in total. The van der Waals surface area contributed by atoms with Gasteiger partial charge in [0.1, 0.15) is 6.61 Å². The Hall–Kier alpha value is -3.31. The Balaban J connectivity index is 1.71. The average molecular weight is 433 g/mol. The Bertz CT molecular complexity index is 1070. The highest BCUT2D eigenvalue weighted by Crippen LogP contribution is 2.30. The number of carbonyl (C=O) groups excluding carboxylic acids is 1. The molecule has 0 saturated carbocycles. The Morgan fingerprint density at radius 2 is 1.66 bits per heavy atom. The number of hydrogen-bond acceptors (Lipinski definition) is 4. The fourth-order valence-corrected chi connectivity index (χ4v) is 3.44. The van der Waals surface area contributed by atoms with Crippen molar-refractivity contribution in [3.8, 4) is 22.6 Å². The van der Waals surface area contributed by atoms with Crippen molar-refractivity contribution < 1.29 is 14.3 Å². The summed E-state index contributed by atoms with van der Waals surface area (Å²) in [5.74, 6) is 1.11. The van der Waals surface area contributed by atoms with Crippen molar-refractivity contribution in [1.29, 1.82) is 0 Å². The molecule has 3 aromatic carbocycles. The monoisotopic (exact) mass is 432 g/mol. The predicted octanol–water partition coefficient (Wildman–Crippen LogP) is 5.18. The molecule has 0 aliphatic carbocycles. The highest BCUT2D eigenvalue weighted by atomic mass is 16.5. The van der Waals surface area contributed by atoms with Gasteiger partial charge in [-0.15, -0.1) is 0 Å². The SMILES string of the molecule is COc1cc(CC(=O)Nc2cccc(-c3cccc(C(C)(C)C)c3)c2)ccc1OCCN. The lowest BCUT2D eigenvalue weighted by molar-refractivity contribution is -0.115. The van der Waals surface area contributed by atoms with Crippen molar-refractivity contribution in [2.45, 2.75) is 32.6 Å². The zero-order valence-corrected chi connectivity index (χ0v) is 19.3. The van der Waals surface area contributed by atoms with Gasteiger partial charge in [-0.1, -0.05) is 63.2 Å². The summed E-state index contributed by atoms with van der Waals surface area (Å²) in [5.41, 5.74) is 10.7. The van der Waals surface area contributed by atoms with Crippen LogP contribution in [0, 0.1) is 0 Å². The number of anilines is 1. The Kier molecular flexibility index (Phi) is 7.54. The molecule has 0 aromatic heterocycles. The molecular weight excluding hydrogens is 400 g/mol. The van der Waals surface area contributed by atoms with Crippen molar-refractivity contribution in [3.05, 3.63) is 77.9 Å². The smallest absolute Gasteiger partial charge is 0.228 e. The number of carbonyl (C=O) groups is 1. The molecule has 0 spiro atoms. The number of nitrogens with one attached hydrogen (secondary N) is 1. The van der Waals surface area contributed by atoms with Gasteiger partial charge in [-0.05, 0) is 51.9 Å². The maximum Gasteiger partial charge on any atom is 0.228 e. The fourth-order valence-electron chi connectivity index (χ4n) is 3.44. The van der Waals surface area contributed by atoms with Gasteiger partial charge in [-0.3, -0.25) is 4.79 Å². The molecule has 0 bridgehead atoms. The van der Waals surface area contributed by atoms with Gasteiger partial charge in [0.25, 0.3) is 0 Å². The minimum Gasteiger partial charge on any atom is -0.493 e. The fraction of sp³-hybridized carbons (Fsp3) is 0.296. The molecule has 5 heteroatoms. The summed E-state index contributed by atoms with van der Waals surface area (Å²) in [5, 5.41) is 3.00.